The Hall–Kier alpha value is -1.98. The maximum atomic E-state index is 11.8. The van der Waals surface area contributed by atoms with E-state index in [1.807, 2.05) is 42.5 Å². The monoisotopic (exact) mass is 300 g/mol. The van der Waals surface area contributed by atoms with Gasteiger partial charge in [0.25, 0.3) is 0 Å². The van der Waals surface area contributed by atoms with Gasteiger partial charge in [0.1, 0.15) is 11.8 Å². The van der Waals surface area contributed by atoms with E-state index in [9.17, 15) is 4.79 Å². The van der Waals surface area contributed by atoms with Gasteiger partial charge in [0.2, 0.25) is 5.91 Å². The van der Waals surface area contributed by atoms with Crippen LogP contribution in [0.4, 0.5) is 5.69 Å². The molecule has 1 heterocycles. The highest BCUT2D eigenvalue weighted by atomic mass is 32.2. The second-order valence-corrected chi connectivity index (χ2v) is 5.83. The Balaban J connectivity index is 1.89. The van der Waals surface area contributed by atoms with Crippen LogP contribution in [0.3, 0.4) is 0 Å². The fourth-order valence-corrected chi connectivity index (χ4v) is 3.39. The van der Waals surface area contributed by atoms with E-state index >= 15 is 0 Å². The number of hydrogen-bond acceptors (Lipinski definition) is 4. The lowest BCUT2D eigenvalue weighted by molar-refractivity contribution is -0.117. The van der Waals surface area contributed by atoms with Crippen LogP contribution in [0.1, 0.15) is 11.6 Å². The molecule has 1 aliphatic rings. The van der Waals surface area contributed by atoms with Gasteiger partial charge < -0.3 is 15.4 Å². The van der Waals surface area contributed by atoms with E-state index in [0.717, 1.165) is 26.8 Å². The molecular weight excluding hydrogens is 284 g/mol. The molecular formula is C16H16N2O2S. The fraction of sp³-hybridized carbons (Fsp3) is 0.188. The van der Waals surface area contributed by atoms with Crippen molar-refractivity contribution in [2.24, 2.45) is 0 Å². The maximum absolute atomic E-state index is 11.8. The molecule has 0 saturated carbocycles. The number of ether oxygens (including phenoxy) is 1. The van der Waals surface area contributed by atoms with Crippen LogP contribution in [0.25, 0.3) is 0 Å². The maximum Gasteiger partial charge on any atom is 0.246 e. The lowest BCUT2D eigenvalue weighted by atomic mass is 10.1. The molecule has 108 valence electrons. The highest BCUT2D eigenvalue weighted by Gasteiger charge is 2.29. The molecule has 2 aromatic rings. The zero-order valence-electron chi connectivity index (χ0n) is 11.8. The Kier molecular flexibility index (Phi) is 3.86. The molecule has 1 amide bonds. The second-order valence-electron chi connectivity index (χ2n) is 4.71. The molecule has 0 aliphatic carbocycles. The van der Waals surface area contributed by atoms with E-state index in [2.05, 4.69) is 10.6 Å². The minimum absolute atomic E-state index is 0.00746. The van der Waals surface area contributed by atoms with Crippen molar-refractivity contribution in [2.75, 3.05) is 19.5 Å². The number of hydrogen-bond donors (Lipinski definition) is 2. The first-order valence-corrected chi connectivity index (χ1v) is 7.47. The first-order valence-electron chi connectivity index (χ1n) is 6.66. The van der Waals surface area contributed by atoms with Gasteiger partial charge in [0, 0.05) is 16.1 Å². The number of amides is 1. The van der Waals surface area contributed by atoms with Gasteiger partial charge in [-0.15, -0.1) is 0 Å². The van der Waals surface area contributed by atoms with Gasteiger partial charge in [-0.25, -0.2) is 0 Å². The molecule has 2 aromatic carbocycles. The normalized spacial score (nSPS) is 16.5. The van der Waals surface area contributed by atoms with Crippen molar-refractivity contribution in [3.63, 3.8) is 0 Å². The lowest BCUT2D eigenvalue weighted by Crippen LogP contribution is -2.23. The van der Waals surface area contributed by atoms with Crippen LogP contribution in [-0.4, -0.2) is 20.1 Å². The topological polar surface area (TPSA) is 50.4 Å². The van der Waals surface area contributed by atoms with Gasteiger partial charge in [-0.05, 0) is 31.3 Å². The van der Waals surface area contributed by atoms with Crippen LogP contribution in [0, 0.1) is 0 Å². The van der Waals surface area contributed by atoms with Crippen molar-refractivity contribution in [3.05, 3.63) is 48.0 Å². The summed E-state index contributed by atoms with van der Waals surface area (Å²) in [5.74, 6) is 0.840. The van der Waals surface area contributed by atoms with Crippen molar-refractivity contribution >= 4 is 23.4 Å². The molecule has 1 unspecified atom stereocenters. The third-order valence-corrected chi connectivity index (χ3v) is 4.49. The largest absolute Gasteiger partial charge is 0.496 e. The van der Waals surface area contributed by atoms with E-state index in [-0.39, 0.29) is 11.9 Å². The zero-order chi connectivity index (χ0) is 14.8. The predicted octanol–water partition coefficient (Wildman–Crippen LogP) is 3.06. The molecule has 0 fully saturated rings. The number of carbonyl (C=O) groups excluding carboxylic acids is 1. The Bertz CT molecular complexity index is 688. The summed E-state index contributed by atoms with van der Waals surface area (Å²) in [6.45, 7) is 0. The van der Waals surface area contributed by atoms with Crippen LogP contribution in [0.5, 0.6) is 5.75 Å². The molecule has 0 aromatic heterocycles. The number of fused-ring (bicyclic) bond motifs is 1. The molecule has 21 heavy (non-hydrogen) atoms. The highest BCUT2D eigenvalue weighted by Crippen LogP contribution is 2.39. The second kappa shape index (κ2) is 5.79. The molecule has 0 radical (unpaired) electrons. The Morgan fingerprint density at radius 1 is 1.24 bits per heavy atom. The van der Waals surface area contributed by atoms with Crippen molar-refractivity contribution in [2.45, 2.75) is 15.8 Å². The SMILES string of the molecule is CNC1C(=O)Nc2cc(Sc3ccccc3OC)ccc21. The van der Waals surface area contributed by atoms with Crippen LogP contribution in [0.2, 0.25) is 0 Å². The Morgan fingerprint density at radius 2 is 2.05 bits per heavy atom. The number of anilines is 1. The Morgan fingerprint density at radius 3 is 2.81 bits per heavy atom. The smallest absolute Gasteiger partial charge is 0.246 e. The van der Waals surface area contributed by atoms with Crippen molar-refractivity contribution in [1.82, 2.24) is 5.32 Å². The molecule has 0 saturated heterocycles. The highest BCUT2D eigenvalue weighted by molar-refractivity contribution is 7.99. The van der Waals surface area contributed by atoms with Crippen molar-refractivity contribution in [3.8, 4) is 5.75 Å². The molecule has 1 atom stereocenters. The fourth-order valence-electron chi connectivity index (χ4n) is 2.42. The van der Waals surface area contributed by atoms with Crippen molar-refractivity contribution < 1.29 is 9.53 Å². The minimum Gasteiger partial charge on any atom is -0.496 e. The van der Waals surface area contributed by atoms with E-state index in [4.69, 9.17) is 4.74 Å². The zero-order valence-corrected chi connectivity index (χ0v) is 12.7. The van der Waals surface area contributed by atoms with Gasteiger partial charge >= 0.3 is 0 Å². The van der Waals surface area contributed by atoms with Crippen LogP contribution >= 0.6 is 11.8 Å². The van der Waals surface area contributed by atoms with Crippen LogP contribution in [0.15, 0.2) is 52.3 Å². The summed E-state index contributed by atoms with van der Waals surface area (Å²) >= 11 is 1.62. The van der Waals surface area contributed by atoms with Gasteiger partial charge in [-0.1, -0.05) is 30.0 Å². The van der Waals surface area contributed by atoms with Gasteiger partial charge in [0.15, 0.2) is 0 Å². The van der Waals surface area contributed by atoms with E-state index < -0.39 is 0 Å². The first-order chi connectivity index (χ1) is 10.2. The number of likely N-dealkylation sites (N-methyl/N-ethyl adjacent to an activating group) is 1. The quantitative estimate of drug-likeness (QED) is 0.911. The van der Waals surface area contributed by atoms with Gasteiger partial charge in [-0.3, -0.25) is 4.79 Å². The number of methoxy groups -OCH3 is 1. The number of nitrogens with one attached hydrogen (secondary N) is 2. The molecule has 0 bridgehead atoms. The molecule has 4 nitrogen and oxygen atoms in total. The van der Waals surface area contributed by atoms with Gasteiger partial charge in [-0.2, -0.15) is 0 Å². The lowest BCUT2D eigenvalue weighted by Gasteiger charge is -2.09. The summed E-state index contributed by atoms with van der Waals surface area (Å²) in [7, 11) is 3.46. The summed E-state index contributed by atoms with van der Waals surface area (Å²) in [6, 6.07) is 13.7. The predicted molar refractivity (Wildman–Crippen MR) is 84.0 cm³/mol. The van der Waals surface area contributed by atoms with Crippen molar-refractivity contribution in [1.29, 1.82) is 0 Å². The van der Waals surface area contributed by atoms with Gasteiger partial charge in [0.05, 0.1) is 12.0 Å². The van der Waals surface area contributed by atoms with Crippen LogP contribution < -0.4 is 15.4 Å². The average Bonchev–Trinajstić information content (AvgIpc) is 2.82. The van der Waals surface area contributed by atoms with E-state index in [1.165, 1.54) is 0 Å². The number of rotatable bonds is 4. The molecule has 2 N–H and O–H groups in total. The summed E-state index contributed by atoms with van der Waals surface area (Å²) < 4.78 is 5.36. The minimum atomic E-state index is -0.259. The summed E-state index contributed by atoms with van der Waals surface area (Å²) in [6.07, 6.45) is 0. The standard InChI is InChI=1S/C16H16N2O2S/c1-17-15-11-8-7-10(9-12(11)18-16(15)19)21-14-6-4-3-5-13(14)20-2/h3-9,15,17H,1-2H3,(H,18,19). The van der Waals surface area contributed by atoms with Crippen LogP contribution in [-0.2, 0) is 4.79 Å². The summed E-state index contributed by atoms with van der Waals surface area (Å²) in [5.41, 5.74) is 1.87. The average molecular weight is 300 g/mol. The number of benzene rings is 2. The number of para-hydroxylation sites is 1. The molecule has 5 heteroatoms. The molecule has 0 spiro atoms. The third-order valence-electron chi connectivity index (χ3n) is 3.44. The summed E-state index contributed by atoms with van der Waals surface area (Å²) in [5, 5.41) is 5.93. The third kappa shape index (κ3) is 2.62. The van der Waals surface area contributed by atoms with E-state index in [0.29, 0.717) is 0 Å². The number of carbonyl (C=O) groups is 1. The molecule has 1 aliphatic heterocycles. The Labute approximate surface area is 127 Å². The molecule has 3 rings (SSSR count). The first kappa shape index (κ1) is 14.0. The summed E-state index contributed by atoms with van der Waals surface area (Å²) in [4.78, 5) is 13.9. The van der Waals surface area contributed by atoms with E-state index in [1.54, 1.807) is 25.9 Å².